The topological polar surface area (TPSA) is 77.2 Å². The van der Waals surface area contributed by atoms with Crippen LogP contribution in [0.25, 0.3) is 11.5 Å². The van der Waals surface area contributed by atoms with Crippen molar-refractivity contribution in [2.45, 2.75) is 0 Å². The molecule has 1 N–H and O–H groups in total. The standard InChI is InChI=1S/C17H14FN3O3/c18-13-4-1-3-12(11-13)17(22)19-8-10-24-16-7-6-14(20-21-16)15-5-2-9-23-15/h1-7,9,11H,8,10H2,(H,19,22). The molecule has 1 aromatic carbocycles. The van der Waals surface area contributed by atoms with Gasteiger partial charge in [-0.3, -0.25) is 4.79 Å². The fourth-order valence-corrected chi connectivity index (χ4v) is 2.00. The fourth-order valence-electron chi connectivity index (χ4n) is 2.00. The van der Waals surface area contributed by atoms with E-state index in [4.69, 9.17) is 9.15 Å². The minimum atomic E-state index is -0.453. The first-order valence-electron chi connectivity index (χ1n) is 7.26. The number of carbonyl (C=O) groups excluding carboxylic acids is 1. The molecule has 0 atom stereocenters. The molecular formula is C17H14FN3O3. The van der Waals surface area contributed by atoms with Gasteiger partial charge in [-0.05, 0) is 36.4 Å². The molecule has 6 nitrogen and oxygen atoms in total. The number of furan rings is 1. The lowest BCUT2D eigenvalue weighted by Gasteiger charge is -2.07. The second-order valence-corrected chi connectivity index (χ2v) is 4.85. The summed E-state index contributed by atoms with van der Waals surface area (Å²) in [6.07, 6.45) is 1.56. The Bertz CT molecular complexity index is 804. The minimum Gasteiger partial charge on any atom is -0.475 e. The maximum Gasteiger partial charge on any atom is 0.251 e. The number of benzene rings is 1. The lowest BCUT2D eigenvalue weighted by molar-refractivity contribution is 0.0946. The molecule has 0 saturated heterocycles. The van der Waals surface area contributed by atoms with Crippen LogP contribution in [0.3, 0.4) is 0 Å². The molecule has 0 radical (unpaired) electrons. The third kappa shape index (κ3) is 3.95. The monoisotopic (exact) mass is 327 g/mol. The Balaban J connectivity index is 1.46. The predicted octanol–water partition coefficient (Wildman–Crippen LogP) is 2.68. The van der Waals surface area contributed by atoms with Crippen LogP contribution in [0.15, 0.2) is 59.2 Å². The van der Waals surface area contributed by atoms with E-state index < -0.39 is 5.82 Å². The second kappa shape index (κ2) is 7.36. The van der Waals surface area contributed by atoms with Gasteiger partial charge >= 0.3 is 0 Å². The molecule has 1 amide bonds. The number of nitrogens with zero attached hydrogens (tertiary/aromatic N) is 2. The molecule has 0 bridgehead atoms. The summed E-state index contributed by atoms with van der Waals surface area (Å²) in [5.74, 6) is 0.143. The van der Waals surface area contributed by atoms with Gasteiger partial charge in [0.1, 0.15) is 18.1 Å². The normalized spacial score (nSPS) is 10.4. The highest BCUT2D eigenvalue weighted by molar-refractivity contribution is 5.94. The van der Waals surface area contributed by atoms with E-state index in [0.29, 0.717) is 17.3 Å². The SMILES string of the molecule is O=C(NCCOc1ccc(-c2ccco2)nn1)c1cccc(F)c1. The number of nitrogens with one attached hydrogen (secondary N) is 1. The van der Waals surface area contributed by atoms with Crippen molar-refractivity contribution in [3.05, 3.63) is 66.2 Å². The number of halogens is 1. The molecule has 0 unspecified atom stereocenters. The van der Waals surface area contributed by atoms with Crippen LogP contribution in [-0.4, -0.2) is 29.3 Å². The summed E-state index contributed by atoms with van der Waals surface area (Å²) in [4.78, 5) is 11.8. The van der Waals surface area contributed by atoms with Crippen molar-refractivity contribution >= 4 is 5.91 Å². The molecule has 24 heavy (non-hydrogen) atoms. The molecule has 2 heterocycles. The van der Waals surface area contributed by atoms with Gasteiger partial charge in [-0.15, -0.1) is 10.2 Å². The zero-order chi connectivity index (χ0) is 16.8. The lowest BCUT2D eigenvalue weighted by Crippen LogP contribution is -2.28. The van der Waals surface area contributed by atoms with E-state index in [1.807, 2.05) is 0 Å². The Kier molecular flexibility index (Phi) is 4.81. The molecule has 0 saturated carbocycles. The third-order valence-corrected chi connectivity index (χ3v) is 3.14. The van der Waals surface area contributed by atoms with Gasteiger partial charge in [-0.1, -0.05) is 6.07 Å². The number of aromatic nitrogens is 2. The highest BCUT2D eigenvalue weighted by Crippen LogP contribution is 2.17. The molecule has 0 aliphatic rings. The predicted molar refractivity (Wildman–Crippen MR) is 84.0 cm³/mol. The van der Waals surface area contributed by atoms with Crippen LogP contribution in [-0.2, 0) is 0 Å². The van der Waals surface area contributed by atoms with Crippen molar-refractivity contribution in [3.8, 4) is 17.3 Å². The van der Waals surface area contributed by atoms with Crippen LogP contribution in [0.2, 0.25) is 0 Å². The van der Waals surface area contributed by atoms with Gasteiger partial charge < -0.3 is 14.5 Å². The quantitative estimate of drug-likeness (QED) is 0.704. The molecule has 7 heteroatoms. The maximum atomic E-state index is 13.0. The van der Waals surface area contributed by atoms with Crippen molar-refractivity contribution in [3.63, 3.8) is 0 Å². The summed E-state index contributed by atoms with van der Waals surface area (Å²) in [6.45, 7) is 0.479. The Labute approximate surface area is 137 Å². The van der Waals surface area contributed by atoms with Gasteiger partial charge in [0.2, 0.25) is 5.88 Å². The summed E-state index contributed by atoms with van der Waals surface area (Å²) in [7, 11) is 0. The van der Waals surface area contributed by atoms with Crippen LogP contribution >= 0.6 is 0 Å². The van der Waals surface area contributed by atoms with Gasteiger partial charge in [0.05, 0.1) is 12.8 Å². The number of rotatable bonds is 6. The number of amides is 1. The van der Waals surface area contributed by atoms with Crippen molar-refractivity contribution in [1.82, 2.24) is 15.5 Å². The minimum absolute atomic E-state index is 0.218. The molecule has 2 aromatic heterocycles. The van der Waals surface area contributed by atoms with E-state index in [1.54, 1.807) is 30.5 Å². The Hall–Kier alpha value is -3.22. The molecule has 3 aromatic rings. The van der Waals surface area contributed by atoms with Gasteiger partial charge in [0.25, 0.3) is 5.91 Å². The van der Waals surface area contributed by atoms with E-state index in [0.717, 1.165) is 0 Å². The summed E-state index contributed by atoms with van der Waals surface area (Å²) < 4.78 is 23.7. The molecule has 0 fully saturated rings. The van der Waals surface area contributed by atoms with Crippen molar-refractivity contribution in [2.24, 2.45) is 0 Å². The zero-order valence-electron chi connectivity index (χ0n) is 12.6. The van der Waals surface area contributed by atoms with Crippen LogP contribution < -0.4 is 10.1 Å². The average Bonchev–Trinajstić information content (AvgIpc) is 3.14. The molecule has 0 spiro atoms. The zero-order valence-corrected chi connectivity index (χ0v) is 12.6. The third-order valence-electron chi connectivity index (χ3n) is 3.14. The van der Waals surface area contributed by atoms with Gasteiger partial charge in [-0.25, -0.2) is 4.39 Å². The lowest BCUT2D eigenvalue weighted by atomic mass is 10.2. The van der Waals surface area contributed by atoms with Crippen LogP contribution in [0.4, 0.5) is 4.39 Å². The number of hydrogen-bond acceptors (Lipinski definition) is 5. The second-order valence-electron chi connectivity index (χ2n) is 4.85. The van der Waals surface area contributed by atoms with E-state index in [1.165, 1.54) is 24.3 Å². The highest BCUT2D eigenvalue weighted by atomic mass is 19.1. The number of carbonyl (C=O) groups is 1. The average molecular weight is 327 g/mol. The first-order chi connectivity index (χ1) is 11.7. The Morgan fingerprint density at radius 3 is 2.79 bits per heavy atom. The van der Waals surface area contributed by atoms with Gasteiger partial charge in [0.15, 0.2) is 5.76 Å². The van der Waals surface area contributed by atoms with Crippen LogP contribution in [0.5, 0.6) is 5.88 Å². The van der Waals surface area contributed by atoms with E-state index in [-0.39, 0.29) is 24.6 Å². The van der Waals surface area contributed by atoms with E-state index in [9.17, 15) is 9.18 Å². The summed E-state index contributed by atoms with van der Waals surface area (Å²) in [6, 6.07) is 12.4. The highest BCUT2D eigenvalue weighted by Gasteiger charge is 2.06. The Morgan fingerprint density at radius 1 is 1.17 bits per heavy atom. The summed E-state index contributed by atoms with van der Waals surface area (Å²) in [5.41, 5.74) is 0.865. The maximum absolute atomic E-state index is 13.0. The van der Waals surface area contributed by atoms with Crippen molar-refractivity contribution in [1.29, 1.82) is 0 Å². The largest absolute Gasteiger partial charge is 0.475 e. The molecule has 3 rings (SSSR count). The van der Waals surface area contributed by atoms with Gasteiger partial charge in [0, 0.05) is 11.6 Å². The number of ether oxygens (including phenoxy) is 1. The number of hydrogen-bond donors (Lipinski definition) is 1. The first-order valence-corrected chi connectivity index (χ1v) is 7.26. The summed E-state index contributed by atoms with van der Waals surface area (Å²) >= 11 is 0. The van der Waals surface area contributed by atoms with Crippen LogP contribution in [0, 0.1) is 5.82 Å². The van der Waals surface area contributed by atoms with Crippen molar-refractivity contribution < 1.29 is 18.3 Å². The molecule has 122 valence electrons. The van der Waals surface area contributed by atoms with Crippen LogP contribution in [0.1, 0.15) is 10.4 Å². The van der Waals surface area contributed by atoms with Crippen molar-refractivity contribution in [2.75, 3.05) is 13.2 Å². The molecule has 0 aliphatic heterocycles. The summed E-state index contributed by atoms with van der Waals surface area (Å²) in [5, 5.41) is 10.6. The van der Waals surface area contributed by atoms with Gasteiger partial charge in [-0.2, -0.15) is 0 Å². The first kappa shape index (κ1) is 15.7. The van der Waals surface area contributed by atoms with E-state index >= 15 is 0 Å². The fraction of sp³-hybridized carbons (Fsp3) is 0.118. The molecular weight excluding hydrogens is 313 g/mol. The smallest absolute Gasteiger partial charge is 0.251 e. The Morgan fingerprint density at radius 2 is 2.08 bits per heavy atom. The van der Waals surface area contributed by atoms with E-state index in [2.05, 4.69) is 15.5 Å². The molecule has 0 aliphatic carbocycles.